The predicted molar refractivity (Wildman–Crippen MR) is 80.5 cm³/mol. The SMILES string of the molecule is CC(C)CC[C@H](O)[C@H](N)c1cc(Br)c(O)c(Br)c1. The van der Waals surface area contributed by atoms with E-state index in [0.717, 1.165) is 12.0 Å². The second-order valence-electron chi connectivity index (χ2n) is 4.90. The van der Waals surface area contributed by atoms with Crippen LogP contribution in [0.5, 0.6) is 5.75 Å². The number of phenols is 1. The summed E-state index contributed by atoms with van der Waals surface area (Å²) in [5, 5.41) is 19.7. The summed E-state index contributed by atoms with van der Waals surface area (Å²) in [5.74, 6) is 0.688. The topological polar surface area (TPSA) is 66.5 Å². The van der Waals surface area contributed by atoms with Crippen molar-refractivity contribution >= 4 is 31.9 Å². The van der Waals surface area contributed by atoms with Gasteiger partial charge in [-0.1, -0.05) is 13.8 Å². The lowest BCUT2D eigenvalue weighted by Crippen LogP contribution is -2.26. The first-order valence-corrected chi connectivity index (χ1v) is 7.53. The molecule has 0 aliphatic heterocycles. The van der Waals surface area contributed by atoms with Crippen LogP contribution in [0, 0.1) is 5.92 Å². The first-order valence-electron chi connectivity index (χ1n) is 5.94. The Morgan fingerprint density at radius 1 is 1.17 bits per heavy atom. The van der Waals surface area contributed by atoms with E-state index in [-0.39, 0.29) is 5.75 Å². The Labute approximate surface area is 125 Å². The van der Waals surface area contributed by atoms with Crippen LogP contribution >= 0.6 is 31.9 Å². The lowest BCUT2D eigenvalue weighted by molar-refractivity contribution is 0.128. The highest BCUT2D eigenvalue weighted by molar-refractivity contribution is 9.11. The number of rotatable bonds is 5. The molecule has 1 aromatic rings. The van der Waals surface area contributed by atoms with Crippen LogP contribution in [0.1, 0.15) is 38.3 Å². The third-order valence-electron chi connectivity index (χ3n) is 2.88. The van der Waals surface area contributed by atoms with E-state index in [2.05, 4.69) is 45.7 Å². The fraction of sp³-hybridized carbons (Fsp3) is 0.538. The molecule has 5 heteroatoms. The molecule has 0 saturated heterocycles. The van der Waals surface area contributed by atoms with Crippen LogP contribution in [-0.4, -0.2) is 16.3 Å². The molecule has 0 heterocycles. The quantitative estimate of drug-likeness (QED) is 0.729. The number of aromatic hydroxyl groups is 1. The van der Waals surface area contributed by atoms with Crippen molar-refractivity contribution in [1.82, 2.24) is 0 Å². The Hall–Kier alpha value is -0.100. The van der Waals surface area contributed by atoms with Gasteiger partial charge in [0.1, 0.15) is 5.75 Å². The molecule has 0 spiro atoms. The van der Waals surface area contributed by atoms with Gasteiger partial charge in [0.05, 0.1) is 21.1 Å². The van der Waals surface area contributed by atoms with Crippen LogP contribution in [0.3, 0.4) is 0 Å². The molecule has 0 aromatic heterocycles. The van der Waals surface area contributed by atoms with E-state index in [1.54, 1.807) is 12.1 Å². The normalized spacial score (nSPS) is 14.8. The van der Waals surface area contributed by atoms with Gasteiger partial charge in [0.2, 0.25) is 0 Å². The molecule has 3 nitrogen and oxygen atoms in total. The second kappa shape index (κ2) is 6.89. The van der Waals surface area contributed by atoms with Crippen LogP contribution < -0.4 is 5.73 Å². The Morgan fingerprint density at radius 2 is 1.67 bits per heavy atom. The highest BCUT2D eigenvalue weighted by Crippen LogP contribution is 2.35. The Balaban J connectivity index is 2.80. The maximum absolute atomic E-state index is 10.1. The van der Waals surface area contributed by atoms with Gasteiger partial charge in [-0.25, -0.2) is 0 Å². The van der Waals surface area contributed by atoms with Crippen LogP contribution in [0.15, 0.2) is 21.1 Å². The van der Waals surface area contributed by atoms with E-state index in [4.69, 9.17) is 5.73 Å². The first-order chi connectivity index (χ1) is 8.32. The number of benzene rings is 1. The Morgan fingerprint density at radius 3 is 2.11 bits per heavy atom. The molecule has 0 radical (unpaired) electrons. The molecule has 0 aliphatic rings. The highest BCUT2D eigenvalue weighted by Gasteiger charge is 2.19. The average Bonchev–Trinajstić information content (AvgIpc) is 2.31. The van der Waals surface area contributed by atoms with E-state index in [1.165, 1.54) is 0 Å². The summed E-state index contributed by atoms with van der Waals surface area (Å²) in [5.41, 5.74) is 6.83. The number of hydrogen-bond acceptors (Lipinski definition) is 3. The number of phenolic OH excluding ortho intramolecular Hbond substituents is 1. The van der Waals surface area contributed by atoms with E-state index in [1.807, 2.05) is 0 Å². The van der Waals surface area contributed by atoms with Crippen LogP contribution in [0.2, 0.25) is 0 Å². The second-order valence-corrected chi connectivity index (χ2v) is 6.61. The summed E-state index contributed by atoms with van der Waals surface area (Å²) >= 11 is 6.52. The van der Waals surface area contributed by atoms with E-state index in [9.17, 15) is 10.2 Å². The van der Waals surface area contributed by atoms with Gasteiger partial charge >= 0.3 is 0 Å². The zero-order valence-electron chi connectivity index (χ0n) is 10.5. The molecule has 0 bridgehead atoms. The highest BCUT2D eigenvalue weighted by atomic mass is 79.9. The van der Waals surface area contributed by atoms with Crippen molar-refractivity contribution in [2.24, 2.45) is 11.7 Å². The maximum atomic E-state index is 10.1. The van der Waals surface area contributed by atoms with Crippen molar-refractivity contribution in [3.8, 4) is 5.75 Å². The molecule has 4 N–H and O–H groups in total. The van der Waals surface area contributed by atoms with Gasteiger partial charge in [0.15, 0.2) is 0 Å². The fourth-order valence-electron chi connectivity index (χ4n) is 1.68. The number of hydrogen-bond donors (Lipinski definition) is 3. The fourth-order valence-corrected chi connectivity index (χ4v) is 2.91. The Bertz CT molecular complexity index is 387. The monoisotopic (exact) mass is 379 g/mol. The molecule has 0 amide bonds. The number of aliphatic hydroxyl groups excluding tert-OH is 1. The summed E-state index contributed by atoms with van der Waals surface area (Å²) in [6, 6.07) is 3.03. The number of halogens is 2. The van der Waals surface area contributed by atoms with Gasteiger partial charge in [-0.05, 0) is 68.3 Å². The van der Waals surface area contributed by atoms with E-state index < -0.39 is 12.1 Å². The van der Waals surface area contributed by atoms with Crippen molar-refractivity contribution < 1.29 is 10.2 Å². The maximum Gasteiger partial charge on any atom is 0.143 e. The predicted octanol–water partition coefficient (Wildman–Crippen LogP) is 3.71. The number of nitrogens with two attached hydrogens (primary N) is 1. The molecular weight excluding hydrogens is 362 g/mol. The Kier molecular flexibility index (Phi) is 6.11. The molecule has 1 rings (SSSR count). The van der Waals surface area contributed by atoms with Gasteiger partial charge < -0.3 is 15.9 Å². The van der Waals surface area contributed by atoms with E-state index in [0.29, 0.717) is 21.3 Å². The van der Waals surface area contributed by atoms with Crippen LogP contribution in [-0.2, 0) is 0 Å². The van der Waals surface area contributed by atoms with Crippen molar-refractivity contribution in [3.63, 3.8) is 0 Å². The molecule has 2 atom stereocenters. The summed E-state index contributed by atoms with van der Waals surface area (Å²) in [6.07, 6.45) is 1.04. The third kappa shape index (κ3) is 4.23. The lowest BCUT2D eigenvalue weighted by Gasteiger charge is -2.21. The first kappa shape index (κ1) is 16.0. The molecule has 0 unspecified atom stereocenters. The minimum absolute atomic E-state index is 0.141. The molecule has 18 heavy (non-hydrogen) atoms. The van der Waals surface area contributed by atoms with Gasteiger partial charge in [-0.2, -0.15) is 0 Å². The third-order valence-corrected chi connectivity index (χ3v) is 4.09. The summed E-state index contributed by atoms with van der Waals surface area (Å²) in [6.45, 7) is 4.23. The molecule has 0 aliphatic carbocycles. The van der Waals surface area contributed by atoms with Gasteiger partial charge in [-0.15, -0.1) is 0 Å². The van der Waals surface area contributed by atoms with Gasteiger partial charge in [-0.3, -0.25) is 0 Å². The summed E-state index contributed by atoms with van der Waals surface area (Å²) < 4.78 is 1.14. The zero-order chi connectivity index (χ0) is 13.9. The summed E-state index contributed by atoms with van der Waals surface area (Å²) in [7, 11) is 0. The molecular formula is C13H19Br2NO2. The zero-order valence-corrected chi connectivity index (χ0v) is 13.7. The number of aliphatic hydroxyl groups is 1. The molecule has 1 aromatic carbocycles. The van der Waals surface area contributed by atoms with E-state index >= 15 is 0 Å². The average molecular weight is 381 g/mol. The summed E-state index contributed by atoms with van der Waals surface area (Å²) in [4.78, 5) is 0. The van der Waals surface area contributed by atoms with Crippen molar-refractivity contribution in [3.05, 3.63) is 26.6 Å². The lowest BCUT2D eigenvalue weighted by atomic mass is 9.96. The molecule has 102 valence electrons. The van der Waals surface area contributed by atoms with Gasteiger partial charge in [0.25, 0.3) is 0 Å². The van der Waals surface area contributed by atoms with Crippen LogP contribution in [0.25, 0.3) is 0 Å². The van der Waals surface area contributed by atoms with Gasteiger partial charge in [0, 0.05) is 0 Å². The minimum Gasteiger partial charge on any atom is -0.506 e. The molecule has 0 fully saturated rings. The van der Waals surface area contributed by atoms with Crippen molar-refractivity contribution in [1.29, 1.82) is 0 Å². The van der Waals surface area contributed by atoms with Crippen molar-refractivity contribution in [2.45, 2.75) is 38.8 Å². The van der Waals surface area contributed by atoms with Crippen molar-refractivity contribution in [2.75, 3.05) is 0 Å². The van der Waals surface area contributed by atoms with Crippen LogP contribution in [0.4, 0.5) is 0 Å². The minimum atomic E-state index is -0.573. The smallest absolute Gasteiger partial charge is 0.143 e. The standard InChI is InChI=1S/C13H19Br2NO2/c1-7(2)3-4-11(17)12(16)8-5-9(14)13(18)10(15)6-8/h5-7,11-12,17-18H,3-4,16H2,1-2H3/t11-,12+/m0/s1. The largest absolute Gasteiger partial charge is 0.506 e. The molecule has 0 saturated carbocycles.